The number of hydrogen-bond acceptors (Lipinski definition) is 0. The third-order valence-corrected chi connectivity index (χ3v) is 4.22. The molecule has 0 amide bonds. The van der Waals surface area contributed by atoms with Crippen LogP contribution in [0.4, 0.5) is 0 Å². The van der Waals surface area contributed by atoms with Crippen molar-refractivity contribution in [2.75, 3.05) is 0 Å². The summed E-state index contributed by atoms with van der Waals surface area (Å²) in [6.07, 6.45) is 5.97. The molecule has 21 heavy (non-hydrogen) atoms. The van der Waals surface area contributed by atoms with Crippen molar-refractivity contribution in [3.8, 4) is 23.0 Å². The highest BCUT2D eigenvalue weighted by atomic mass is 14.2. The van der Waals surface area contributed by atoms with Crippen molar-refractivity contribution >= 4 is 0 Å². The molecule has 0 N–H and O–H groups in total. The van der Waals surface area contributed by atoms with Gasteiger partial charge in [-0.25, -0.2) is 0 Å². The number of rotatable bonds is 6. The van der Waals surface area contributed by atoms with Crippen molar-refractivity contribution in [1.29, 1.82) is 0 Å². The van der Waals surface area contributed by atoms with Crippen LogP contribution in [0.5, 0.6) is 0 Å². The zero-order chi connectivity index (χ0) is 14.7. The van der Waals surface area contributed by atoms with Gasteiger partial charge in [0.05, 0.1) is 0 Å². The van der Waals surface area contributed by atoms with Gasteiger partial charge in [-0.05, 0) is 47.6 Å². The van der Waals surface area contributed by atoms with Crippen LogP contribution in [0.15, 0.2) is 36.4 Å². The fourth-order valence-corrected chi connectivity index (χ4v) is 2.99. The van der Waals surface area contributed by atoms with Crippen LogP contribution >= 0.6 is 0 Å². The molecule has 0 atom stereocenters. The molecule has 1 aliphatic carbocycles. The number of unbranched alkanes of at least 4 members (excludes halogenated alkanes) is 1. The number of aryl methyl sites for hydroxylation is 1. The molecule has 2 aromatic rings. The maximum absolute atomic E-state index is 3.26. The van der Waals surface area contributed by atoms with Crippen LogP contribution in [-0.4, -0.2) is 0 Å². The quantitative estimate of drug-likeness (QED) is 0.531. The Bertz CT molecular complexity index is 693. The van der Waals surface area contributed by atoms with Crippen molar-refractivity contribution in [2.45, 2.75) is 46.0 Å². The summed E-state index contributed by atoms with van der Waals surface area (Å²) >= 11 is 0. The van der Waals surface area contributed by atoms with Crippen LogP contribution in [-0.2, 0) is 12.8 Å². The van der Waals surface area contributed by atoms with Crippen LogP contribution in [0, 0.1) is 11.8 Å². The maximum atomic E-state index is 3.26. The van der Waals surface area contributed by atoms with Crippen LogP contribution in [0.2, 0.25) is 0 Å². The monoisotopic (exact) mass is 274 g/mol. The molecule has 0 saturated heterocycles. The molecule has 0 aliphatic heterocycles. The average molecular weight is 274 g/mol. The van der Waals surface area contributed by atoms with Gasteiger partial charge in [-0.3, -0.25) is 0 Å². The summed E-state index contributed by atoms with van der Waals surface area (Å²) in [6, 6.07) is 13.5. The van der Waals surface area contributed by atoms with Gasteiger partial charge in [0.1, 0.15) is 0 Å². The second-order valence-corrected chi connectivity index (χ2v) is 5.81. The Labute approximate surface area is 128 Å². The van der Waals surface area contributed by atoms with E-state index in [1.165, 1.54) is 59.1 Å². The number of benzene rings is 2. The van der Waals surface area contributed by atoms with Gasteiger partial charge in [-0.15, -0.1) is 0 Å². The van der Waals surface area contributed by atoms with Crippen molar-refractivity contribution in [1.82, 2.24) is 0 Å². The normalized spacial score (nSPS) is 11.3. The van der Waals surface area contributed by atoms with E-state index in [0.29, 0.717) is 0 Å². The fraction of sp³-hybridized carbons (Fsp3) is 0.333. The van der Waals surface area contributed by atoms with E-state index in [1.807, 2.05) is 0 Å². The summed E-state index contributed by atoms with van der Waals surface area (Å²) in [5.74, 6) is 6.42. The Balaban J connectivity index is 1.97. The van der Waals surface area contributed by atoms with Crippen LogP contribution in [0.25, 0.3) is 11.1 Å². The first-order chi connectivity index (χ1) is 10.3. The van der Waals surface area contributed by atoms with Gasteiger partial charge in [0, 0.05) is 11.1 Å². The first-order valence-corrected chi connectivity index (χ1v) is 8.10. The Morgan fingerprint density at radius 1 is 0.810 bits per heavy atom. The second-order valence-electron chi connectivity index (χ2n) is 5.81. The molecule has 0 heteroatoms. The molecule has 106 valence electrons. The van der Waals surface area contributed by atoms with E-state index in [2.05, 4.69) is 62.1 Å². The lowest BCUT2D eigenvalue weighted by Gasteiger charge is -2.17. The molecule has 1 aliphatic rings. The van der Waals surface area contributed by atoms with Crippen LogP contribution in [0.3, 0.4) is 0 Å². The van der Waals surface area contributed by atoms with E-state index in [9.17, 15) is 0 Å². The predicted molar refractivity (Wildman–Crippen MR) is 90.5 cm³/mol. The fourth-order valence-electron chi connectivity index (χ4n) is 2.99. The van der Waals surface area contributed by atoms with E-state index in [4.69, 9.17) is 0 Å². The SMILES string of the molecule is CCCCc1c(-c2ccc(CCC)cc2)ccc2c1C#C2. The minimum atomic E-state index is 1.14. The first-order valence-electron chi connectivity index (χ1n) is 8.10. The van der Waals surface area contributed by atoms with Gasteiger partial charge in [-0.1, -0.05) is 68.9 Å². The lowest BCUT2D eigenvalue weighted by Crippen LogP contribution is -2.02. The molecular formula is C21H22. The molecule has 2 aromatic carbocycles. The predicted octanol–water partition coefficient (Wildman–Crippen LogP) is 5.36. The van der Waals surface area contributed by atoms with Gasteiger partial charge in [0.25, 0.3) is 0 Å². The van der Waals surface area contributed by atoms with E-state index < -0.39 is 0 Å². The summed E-state index contributed by atoms with van der Waals surface area (Å²) in [4.78, 5) is 0. The molecule has 0 aromatic heterocycles. The largest absolute Gasteiger partial charge is 0.0654 e. The molecule has 0 bridgehead atoms. The van der Waals surface area contributed by atoms with Crippen LogP contribution in [0.1, 0.15) is 55.4 Å². The third-order valence-electron chi connectivity index (χ3n) is 4.22. The van der Waals surface area contributed by atoms with E-state index in [0.717, 1.165) is 6.42 Å². The molecule has 0 saturated carbocycles. The number of hydrogen-bond donors (Lipinski definition) is 0. The van der Waals surface area contributed by atoms with E-state index in [1.54, 1.807) is 0 Å². The van der Waals surface area contributed by atoms with Gasteiger partial charge in [0.15, 0.2) is 0 Å². The molecule has 0 unspecified atom stereocenters. The van der Waals surface area contributed by atoms with Crippen molar-refractivity contribution < 1.29 is 0 Å². The topological polar surface area (TPSA) is 0 Å². The lowest BCUT2D eigenvalue weighted by atomic mass is 9.86. The molecule has 0 nitrogen and oxygen atoms in total. The molecule has 0 radical (unpaired) electrons. The molecule has 3 rings (SSSR count). The van der Waals surface area contributed by atoms with Gasteiger partial charge < -0.3 is 0 Å². The smallest absolute Gasteiger partial charge is 0.0443 e. The highest BCUT2D eigenvalue weighted by molar-refractivity contribution is 5.76. The minimum Gasteiger partial charge on any atom is -0.0654 e. The minimum absolute atomic E-state index is 1.14. The lowest BCUT2D eigenvalue weighted by molar-refractivity contribution is 0.794. The summed E-state index contributed by atoms with van der Waals surface area (Å²) in [7, 11) is 0. The van der Waals surface area contributed by atoms with E-state index >= 15 is 0 Å². The summed E-state index contributed by atoms with van der Waals surface area (Å²) < 4.78 is 0. The maximum Gasteiger partial charge on any atom is 0.0443 e. The van der Waals surface area contributed by atoms with Gasteiger partial charge in [-0.2, -0.15) is 0 Å². The Kier molecular flexibility index (Phi) is 4.11. The van der Waals surface area contributed by atoms with Crippen LogP contribution < -0.4 is 0 Å². The number of fused-ring (bicyclic) bond motifs is 1. The Hall–Kier alpha value is -2.00. The van der Waals surface area contributed by atoms with E-state index in [-0.39, 0.29) is 0 Å². The molecule has 0 spiro atoms. The van der Waals surface area contributed by atoms with Gasteiger partial charge in [0.2, 0.25) is 0 Å². The summed E-state index contributed by atoms with van der Waals surface area (Å²) in [6.45, 7) is 4.48. The van der Waals surface area contributed by atoms with Crippen molar-refractivity contribution in [3.05, 3.63) is 58.7 Å². The standard InChI is InChI=1S/C21H22/c1-3-5-7-21-19(14-12-18-13-15-20(18)21)17-10-8-16(6-4-2)9-11-17/h8-12,14H,3-7H2,1-2H3. The molecule has 0 heterocycles. The average Bonchev–Trinajstić information content (AvgIpc) is 2.48. The summed E-state index contributed by atoms with van der Waals surface area (Å²) in [5.41, 5.74) is 8.11. The zero-order valence-electron chi connectivity index (χ0n) is 13.0. The second kappa shape index (κ2) is 6.19. The van der Waals surface area contributed by atoms with Gasteiger partial charge >= 0.3 is 0 Å². The summed E-state index contributed by atoms with van der Waals surface area (Å²) in [5, 5.41) is 0. The zero-order valence-corrected chi connectivity index (χ0v) is 13.0. The molecular weight excluding hydrogens is 252 g/mol. The van der Waals surface area contributed by atoms with Crippen molar-refractivity contribution in [2.24, 2.45) is 0 Å². The third kappa shape index (κ3) is 2.74. The Morgan fingerprint density at radius 2 is 1.62 bits per heavy atom. The highest BCUT2D eigenvalue weighted by Crippen LogP contribution is 2.32. The van der Waals surface area contributed by atoms with Crippen molar-refractivity contribution in [3.63, 3.8) is 0 Å². The Morgan fingerprint density at radius 3 is 2.24 bits per heavy atom. The molecule has 0 fully saturated rings. The first kappa shape index (κ1) is 14.0. The highest BCUT2D eigenvalue weighted by Gasteiger charge is 2.15.